The second-order valence-corrected chi connectivity index (χ2v) is 9.25. The van der Waals surface area contributed by atoms with Gasteiger partial charge in [-0.25, -0.2) is 13.9 Å². The largest absolute Gasteiger partial charge is 0.352 e. The summed E-state index contributed by atoms with van der Waals surface area (Å²) < 4.78 is 14.9. The number of anilines is 1. The fourth-order valence-corrected chi connectivity index (χ4v) is 4.92. The zero-order chi connectivity index (χ0) is 22.1. The van der Waals surface area contributed by atoms with Gasteiger partial charge in [-0.3, -0.25) is 4.79 Å². The number of piperidine rings is 1. The van der Waals surface area contributed by atoms with Crippen LogP contribution in [0.4, 0.5) is 9.52 Å². The number of benzene rings is 2. The maximum absolute atomic E-state index is 13.2. The van der Waals surface area contributed by atoms with Gasteiger partial charge in [0.15, 0.2) is 0 Å². The molecular formula is C23H21ClFN5OS. The maximum atomic E-state index is 13.2. The zero-order valence-corrected chi connectivity index (χ0v) is 18.7. The van der Waals surface area contributed by atoms with Crippen LogP contribution in [0, 0.1) is 11.7 Å². The number of nitrogens with one attached hydrogen (secondary N) is 1. The highest BCUT2D eigenvalue weighted by Gasteiger charge is 2.27. The van der Waals surface area contributed by atoms with E-state index in [1.165, 1.54) is 23.5 Å². The van der Waals surface area contributed by atoms with E-state index in [1.807, 2.05) is 30.5 Å². The van der Waals surface area contributed by atoms with Gasteiger partial charge in [-0.15, -0.1) is 5.10 Å². The Balaban J connectivity index is 1.24. The van der Waals surface area contributed by atoms with Crippen LogP contribution in [0.1, 0.15) is 18.4 Å². The molecule has 1 saturated heterocycles. The van der Waals surface area contributed by atoms with Crippen LogP contribution >= 0.6 is 22.9 Å². The Morgan fingerprint density at radius 2 is 1.97 bits per heavy atom. The van der Waals surface area contributed by atoms with Crippen LogP contribution in [0.2, 0.25) is 5.02 Å². The normalized spacial score (nSPS) is 16.4. The number of fused-ring (bicyclic) bond motifs is 1. The predicted molar refractivity (Wildman–Crippen MR) is 124 cm³/mol. The molecule has 2 aromatic carbocycles. The molecule has 0 spiro atoms. The van der Waals surface area contributed by atoms with Gasteiger partial charge in [-0.2, -0.15) is 0 Å². The van der Waals surface area contributed by atoms with Crippen molar-refractivity contribution in [1.82, 2.24) is 19.9 Å². The summed E-state index contributed by atoms with van der Waals surface area (Å²) in [5.74, 6) is -0.293. The van der Waals surface area contributed by atoms with E-state index < -0.39 is 0 Å². The molecule has 3 heterocycles. The summed E-state index contributed by atoms with van der Waals surface area (Å²) in [5, 5.41) is 9.26. The maximum Gasteiger partial charge on any atom is 0.225 e. The highest BCUT2D eigenvalue weighted by atomic mass is 35.5. The fourth-order valence-electron chi connectivity index (χ4n) is 3.88. The van der Waals surface area contributed by atoms with Crippen molar-refractivity contribution < 1.29 is 9.18 Å². The van der Waals surface area contributed by atoms with Crippen LogP contribution in [0.15, 0.2) is 54.7 Å². The zero-order valence-electron chi connectivity index (χ0n) is 17.2. The molecule has 6 nitrogen and oxygen atoms in total. The SMILES string of the molecule is O=C(NCc1ccc(Cl)cc1)C1CCCN(c2nn3cc(-c4ccc(F)cc4)nc3s2)C1. The molecule has 1 atom stereocenters. The molecular weight excluding hydrogens is 449 g/mol. The third kappa shape index (κ3) is 4.47. The standard InChI is InChI=1S/C23H21ClFN5OS/c24-18-7-3-15(4-8-18)12-26-21(31)17-2-1-11-29(13-17)23-28-30-14-20(27-22(30)32-23)16-5-9-19(25)10-6-16/h3-10,14,17H,1-2,11-13H2,(H,26,31). The molecule has 1 amide bonds. The van der Waals surface area contributed by atoms with Gasteiger partial charge in [-0.1, -0.05) is 35.1 Å². The molecule has 0 aliphatic carbocycles. The van der Waals surface area contributed by atoms with E-state index in [1.54, 1.807) is 16.6 Å². The van der Waals surface area contributed by atoms with Crippen LogP contribution in [0.25, 0.3) is 16.2 Å². The number of amides is 1. The first-order valence-corrected chi connectivity index (χ1v) is 11.6. The number of imidazole rings is 1. The first-order chi connectivity index (χ1) is 15.5. The van der Waals surface area contributed by atoms with Crippen molar-refractivity contribution in [1.29, 1.82) is 0 Å². The molecule has 9 heteroatoms. The molecule has 1 aliphatic rings. The fraction of sp³-hybridized carbons (Fsp3) is 0.261. The van der Waals surface area contributed by atoms with Crippen LogP contribution in [-0.4, -0.2) is 33.6 Å². The van der Waals surface area contributed by atoms with E-state index in [0.717, 1.165) is 46.3 Å². The third-order valence-electron chi connectivity index (χ3n) is 5.62. The number of halogens is 2. The number of carbonyl (C=O) groups is 1. The average Bonchev–Trinajstić information content (AvgIpc) is 3.39. The van der Waals surface area contributed by atoms with E-state index >= 15 is 0 Å². The van der Waals surface area contributed by atoms with E-state index in [-0.39, 0.29) is 17.6 Å². The van der Waals surface area contributed by atoms with E-state index in [2.05, 4.69) is 20.3 Å². The summed E-state index contributed by atoms with van der Waals surface area (Å²) in [6.07, 6.45) is 3.64. The Morgan fingerprint density at radius 3 is 2.72 bits per heavy atom. The summed E-state index contributed by atoms with van der Waals surface area (Å²) in [6, 6.07) is 13.8. The smallest absolute Gasteiger partial charge is 0.225 e. The topological polar surface area (TPSA) is 62.5 Å². The summed E-state index contributed by atoms with van der Waals surface area (Å²) >= 11 is 7.42. The number of rotatable bonds is 5. The van der Waals surface area contributed by atoms with E-state index in [9.17, 15) is 9.18 Å². The number of hydrogen-bond acceptors (Lipinski definition) is 5. The summed E-state index contributed by atoms with van der Waals surface area (Å²) in [4.78, 5) is 20.3. The molecule has 1 aliphatic heterocycles. The first-order valence-electron chi connectivity index (χ1n) is 10.4. The van der Waals surface area contributed by atoms with Crippen LogP contribution in [0.3, 0.4) is 0 Å². The molecule has 2 aromatic heterocycles. The molecule has 5 rings (SSSR count). The van der Waals surface area contributed by atoms with E-state index in [4.69, 9.17) is 11.6 Å². The minimum atomic E-state index is -0.271. The lowest BCUT2D eigenvalue weighted by Crippen LogP contribution is -2.43. The van der Waals surface area contributed by atoms with Crippen molar-refractivity contribution in [3.05, 3.63) is 71.1 Å². The van der Waals surface area contributed by atoms with Crippen LogP contribution in [-0.2, 0) is 11.3 Å². The number of nitrogens with zero attached hydrogens (tertiary/aromatic N) is 4. The number of carbonyl (C=O) groups excluding carboxylic acids is 1. The molecule has 0 bridgehead atoms. The molecule has 1 unspecified atom stereocenters. The Morgan fingerprint density at radius 1 is 1.19 bits per heavy atom. The predicted octanol–water partition coefficient (Wildman–Crippen LogP) is 4.78. The molecule has 1 fully saturated rings. The highest BCUT2D eigenvalue weighted by Crippen LogP contribution is 2.30. The lowest BCUT2D eigenvalue weighted by atomic mass is 9.97. The first kappa shape index (κ1) is 20.9. The lowest BCUT2D eigenvalue weighted by molar-refractivity contribution is -0.125. The second-order valence-electron chi connectivity index (χ2n) is 7.87. The Bertz CT molecular complexity index is 1210. The summed E-state index contributed by atoms with van der Waals surface area (Å²) in [7, 11) is 0. The minimum Gasteiger partial charge on any atom is -0.352 e. The van der Waals surface area contributed by atoms with Gasteiger partial charge in [0, 0.05) is 30.2 Å². The Labute approximate surface area is 193 Å². The highest BCUT2D eigenvalue weighted by molar-refractivity contribution is 7.20. The van der Waals surface area contributed by atoms with Crippen molar-refractivity contribution in [2.24, 2.45) is 5.92 Å². The van der Waals surface area contributed by atoms with Gasteiger partial charge < -0.3 is 10.2 Å². The molecule has 0 radical (unpaired) electrons. The molecule has 1 N–H and O–H groups in total. The van der Waals surface area contributed by atoms with Gasteiger partial charge in [0.2, 0.25) is 16.0 Å². The Kier molecular flexibility index (Phi) is 5.80. The number of aromatic nitrogens is 3. The van der Waals surface area contributed by atoms with E-state index in [0.29, 0.717) is 18.1 Å². The van der Waals surface area contributed by atoms with Crippen molar-refractivity contribution in [2.75, 3.05) is 18.0 Å². The van der Waals surface area contributed by atoms with Gasteiger partial charge in [0.1, 0.15) is 5.82 Å². The van der Waals surface area contributed by atoms with Crippen molar-refractivity contribution >= 4 is 38.9 Å². The lowest BCUT2D eigenvalue weighted by Gasteiger charge is -2.31. The van der Waals surface area contributed by atoms with Crippen LogP contribution < -0.4 is 10.2 Å². The molecule has 32 heavy (non-hydrogen) atoms. The van der Waals surface area contributed by atoms with Crippen molar-refractivity contribution in [3.63, 3.8) is 0 Å². The number of hydrogen-bond donors (Lipinski definition) is 1. The molecule has 4 aromatic rings. The van der Waals surface area contributed by atoms with Crippen molar-refractivity contribution in [3.8, 4) is 11.3 Å². The second kappa shape index (κ2) is 8.88. The molecule has 164 valence electrons. The molecule has 0 saturated carbocycles. The quantitative estimate of drug-likeness (QED) is 0.456. The van der Waals surface area contributed by atoms with Crippen LogP contribution in [0.5, 0.6) is 0 Å². The van der Waals surface area contributed by atoms with Crippen molar-refractivity contribution in [2.45, 2.75) is 19.4 Å². The summed E-state index contributed by atoms with van der Waals surface area (Å²) in [5.41, 5.74) is 2.63. The Hall–Kier alpha value is -2.97. The average molecular weight is 470 g/mol. The van der Waals surface area contributed by atoms with Gasteiger partial charge in [-0.05, 0) is 54.8 Å². The van der Waals surface area contributed by atoms with Gasteiger partial charge in [0.25, 0.3) is 0 Å². The van der Waals surface area contributed by atoms with Gasteiger partial charge in [0.05, 0.1) is 17.8 Å². The monoisotopic (exact) mass is 469 g/mol. The third-order valence-corrected chi connectivity index (χ3v) is 6.85. The summed E-state index contributed by atoms with van der Waals surface area (Å²) in [6.45, 7) is 1.99. The minimum absolute atomic E-state index is 0.0598. The van der Waals surface area contributed by atoms with Gasteiger partial charge >= 0.3 is 0 Å².